The molecule has 1 amide bonds. The number of amides is 1. The number of carbonyl (C=O) groups excluding carboxylic acids is 1. The molecule has 23 heavy (non-hydrogen) atoms. The number of hydrogen-bond donors (Lipinski definition) is 3. The van der Waals surface area contributed by atoms with E-state index in [-0.39, 0.29) is 28.6 Å². The number of para-hydroxylation sites is 1. The number of methoxy groups -OCH3 is 2. The first-order chi connectivity index (χ1) is 11.1. The van der Waals surface area contributed by atoms with Gasteiger partial charge in [0, 0.05) is 5.56 Å². The lowest BCUT2D eigenvalue weighted by atomic mass is 10.2. The molecular weight excluding hydrogens is 300 g/mol. The first kappa shape index (κ1) is 16.2. The molecule has 2 aromatic carbocycles. The SMILES string of the molecule is COc1cc(/C=N\NC(=O)c2ccccc2O)cc(OC)c1O. The minimum atomic E-state index is -0.544. The fraction of sp³-hybridized carbons (Fsp3) is 0.125. The van der Waals surface area contributed by atoms with Gasteiger partial charge in [-0.05, 0) is 24.3 Å². The Morgan fingerprint density at radius 3 is 2.30 bits per heavy atom. The summed E-state index contributed by atoms with van der Waals surface area (Å²) < 4.78 is 10.1. The van der Waals surface area contributed by atoms with Crippen LogP contribution < -0.4 is 14.9 Å². The number of nitrogens with one attached hydrogen (secondary N) is 1. The van der Waals surface area contributed by atoms with Gasteiger partial charge >= 0.3 is 0 Å². The lowest BCUT2D eigenvalue weighted by molar-refractivity contribution is 0.0952. The number of ether oxygens (including phenoxy) is 2. The number of benzene rings is 2. The van der Waals surface area contributed by atoms with Crippen LogP contribution in [0.3, 0.4) is 0 Å². The number of nitrogens with zero attached hydrogens (tertiary/aromatic N) is 1. The molecule has 7 heteroatoms. The number of hydrogen-bond acceptors (Lipinski definition) is 6. The maximum Gasteiger partial charge on any atom is 0.275 e. The molecule has 7 nitrogen and oxygen atoms in total. The lowest BCUT2D eigenvalue weighted by Crippen LogP contribution is -2.17. The van der Waals surface area contributed by atoms with E-state index >= 15 is 0 Å². The maximum absolute atomic E-state index is 11.9. The van der Waals surface area contributed by atoms with Crippen LogP contribution in [0.2, 0.25) is 0 Å². The van der Waals surface area contributed by atoms with Crippen LogP contribution in [0.4, 0.5) is 0 Å². The number of aromatic hydroxyl groups is 2. The molecule has 0 aliphatic rings. The van der Waals surface area contributed by atoms with Gasteiger partial charge in [0.25, 0.3) is 5.91 Å². The van der Waals surface area contributed by atoms with Crippen molar-refractivity contribution in [1.82, 2.24) is 5.43 Å². The quantitative estimate of drug-likeness (QED) is 0.577. The summed E-state index contributed by atoms with van der Waals surface area (Å²) in [6.45, 7) is 0. The third-order valence-corrected chi connectivity index (χ3v) is 3.03. The minimum absolute atomic E-state index is 0.116. The Bertz CT molecular complexity index is 718. The molecule has 0 unspecified atom stereocenters. The van der Waals surface area contributed by atoms with Gasteiger partial charge in [0.1, 0.15) is 5.75 Å². The fourth-order valence-electron chi connectivity index (χ4n) is 1.88. The van der Waals surface area contributed by atoms with Gasteiger partial charge in [-0.2, -0.15) is 5.10 Å². The number of rotatable bonds is 5. The summed E-state index contributed by atoms with van der Waals surface area (Å²) in [4.78, 5) is 11.9. The van der Waals surface area contributed by atoms with Gasteiger partial charge in [0.2, 0.25) is 5.75 Å². The van der Waals surface area contributed by atoms with Crippen molar-refractivity contribution in [2.24, 2.45) is 5.10 Å². The molecule has 2 aromatic rings. The van der Waals surface area contributed by atoms with Gasteiger partial charge in [0.15, 0.2) is 11.5 Å². The molecule has 0 heterocycles. The van der Waals surface area contributed by atoms with Crippen LogP contribution in [0.25, 0.3) is 0 Å². The van der Waals surface area contributed by atoms with Gasteiger partial charge in [-0.3, -0.25) is 4.79 Å². The third-order valence-electron chi connectivity index (χ3n) is 3.03. The van der Waals surface area contributed by atoms with Crippen molar-refractivity contribution >= 4 is 12.1 Å². The average molecular weight is 316 g/mol. The zero-order valence-corrected chi connectivity index (χ0v) is 12.6. The van der Waals surface area contributed by atoms with E-state index in [9.17, 15) is 15.0 Å². The molecule has 0 atom stereocenters. The Hall–Kier alpha value is -3.22. The minimum Gasteiger partial charge on any atom is -0.507 e. The topological polar surface area (TPSA) is 100 Å². The summed E-state index contributed by atoms with van der Waals surface area (Å²) in [5, 5.41) is 23.2. The van der Waals surface area contributed by atoms with E-state index in [0.29, 0.717) is 5.56 Å². The van der Waals surface area contributed by atoms with Crippen LogP contribution in [0.1, 0.15) is 15.9 Å². The highest BCUT2D eigenvalue weighted by Gasteiger charge is 2.11. The second-order valence-electron chi connectivity index (χ2n) is 4.49. The van der Waals surface area contributed by atoms with Crippen molar-refractivity contribution in [3.8, 4) is 23.0 Å². The third kappa shape index (κ3) is 3.70. The Kier molecular flexibility index (Phi) is 5.03. The molecule has 0 saturated carbocycles. The second-order valence-corrected chi connectivity index (χ2v) is 4.49. The zero-order valence-electron chi connectivity index (χ0n) is 12.6. The van der Waals surface area contributed by atoms with Crippen LogP contribution in [0.15, 0.2) is 41.5 Å². The lowest BCUT2D eigenvalue weighted by Gasteiger charge is -2.09. The Labute approximate surface area is 132 Å². The molecule has 0 aliphatic carbocycles. The smallest absolute Gasteiger partial charge is 0.275 e. The van der Waals surface area contributed by atoms with E-state index < -0.39 is 5.91 Å². The highest BCUT2D eigenvalue weighted by atomic mass is 16.5. The molecule has 3 N–H and O–H groups in total. The van der Waals surface area contributed by atoms with Crippen molar-refractivity contribution < 1.29 is 24.5 Å². The van der Waals surface area contributed by atoms with Gasteiger partial charge in [-0.15, -0.1) is 0 Å². The normalized spacial score (nSPS) is 10.5. The summed E-state index contributed by atoms with van der Waals surface area (Å²) in [6.07, 6.45) is 1.36. The molecule has 0 radical (unpaired) electrons. The molecule has 0 aromatic heterocycles. The van der Waals surface area contributed by atoms with E-state index in [1.54, 1.807) is 12.1 Å². The maximum atomic E-state index is 11.9. The highest BCUT2D eigenvalue weighted by Crippen LogP contribution is 2.36. The van der Waals surface area contributed by atoms with Crippen molar-refractivity contribution in [1.29, 1.82) is 0 Å². The summed E-state index contributed by atoms with van der Waals surface area (Å²) in [5.74, 6) is -0.355. The van der Waals surface area contributed by atoms with Crippen LogP contribution in [0, 0.1) is 0 Å². The van der Waals surface area contributed by atoms with E-state index in [0.717, 1.165) is 0 Å². The highest BCUT2D eigenvalue weighted by molar-refractivity contribution is 5.97. The molecule has 2 rings (SSSR count). The molecule has 0 saturated heterocycles. The van der Waals surface area contributed by atoms with Gasteiger partial charge in [0.05, 0.1) is 26.0 Å². The molecule has 0 aliphatic heterocycles. The Balaban J connectivity index is 2.15. The Morgan fingerprint density at radius 2 is 1.74 bits per heavy atom. The second kappa shape index (κ2) is 7.17. The van der Waals surface area contributed by atoms with Crippen LogP contribution in [-0.4, -0.2) is 36.6 Å². The van der Waals surface area contributed by atoms with E-state index in [1.165, 1.54) is 44.7 Å². The molecule has 0 bridgehead atoms. The summed E-state index contributed by atoms with van der Waals surface area (Å²) in [5.41, 5.74) is 2.97. The van der Waals surface area contributed by atoms with Crippen molar-refractivity contribution in [2.45, 2.75) is 0 Å². The summed E-state index contributed by atoms with van der Waals surface area (Å²) >= 11 is 0. The van der Waals surface area contributed by atoms with Crippen molar-refractivity contribution in [2.75, 3.05) is 14.2 Å². The Morgan fingerprint density at radius 1 is 1.13 bits per heavy atom. The number of carbonyl (C=O) groups is 1. The standard InChI is InChI=1S/C16H16N2O5/c1-22-13-7-10(8-14(23-2)15(13)20)9-17-18-16(21)11-5-3-4-6-12(11)19/h3-9,19-20H,1-2H3,(H,18,21)/b17-9-. The number of phenols is 2. The predicted molar refractivity (Wildman–Crippen MR) is 84.4 cm³/mol. The summed E-state index contributed by atoms with van der Waals surface area (Å²) in [7, 11) is 2.82. The molecule has 120 valence electrons. The molecular formula is C16H16N2O5. The predicted octanol–water partition coefficient (Wildman–Crippen LogP) is 1.88. The average Bonchev–Trinajstić information content (AvgIpc) is 2.56. The molecule has 0 spiro atoms. The molecule has 0 fully saturated rings. The number of hydrazone groups is 1. The zero-order chi connectivity index (χ0) is 16.8. The van der Waals surface area contributed by atoms with E-state index in [4.69, 9.17) is 9.47 Å². The van der Waals surface area contributed by atoms with E-state index in [1.807, 2.05) is 0 Å². The van der Waals surface area contributed by atoms with Crippen molar-refractivity contribution in [3.63, 3.8) is 0 Å². The van der Waals surface area contributed by atoms with Crippen LogP contribution >= 0.6 is 0 Å². The van der Waals surface area contributed by atoms with E-state index in [2.05, 4.69) is 10.5 Å². The first-order valence-corrected chi connectivity index (χ1v) is 6.63. The fourth-order valence-corrected chi connectivity index (χ4v) is 1.88. The van der Waals surface area contributed by atoms with Gasteiger partial charge < -0.3 is 19.7 Å². The van der Waals surface area contributed by atoms with Gasteiger partial charge in [-0.25, -0.2) is 5.43 Å². The van der Waals surface area contributed by atoms with Crippen molar-refractivity contribution in [3.05, 3.63) is 47.5 Å². The first-order valence-electron chi connectivity index (χ1n) is 6.63. The van der Waals surface area contributed by atoms with Gasteiger partial charge in [-0.1, -0.05) is 12.1 Å². The largest absolute Gasteiger partial charge is 0.507 e. The van der Waals surface area contributed by atoms with Crippen LogP contribution in [0.5, 0.6) is 23.0 Å². The number of phenolic OH excluding ortho intramolecular Hbond substituents is 2. The monoisotopic (exact) mass is 316 g/mol. The summed E-state index contributed by atoms with van der Waals surface area (Å²) in [6, 6.07) is 9.21. The van der Waals surface area contributed by atoms with Crippen LogP contribution in [-0.2, 0) is 0 Å².